The van der Waals surface area contributed by atoms with Crippen LogP contribution in [0.15, 0.2) is 41.7 Å². The van der Waals surface area contributed by atoms with Gasteiger partial charge in [0.05, 0.1) is 12.7 Å². The summed E-state index contributed by atoms with van der Waals surface area (Å²) in [7, 11) is 1.99. The van der Waals surface area contributed by atoms with E-state index in [1.807, 2.05) is 17.9 Å². The van der Waals surface area contributed by atoms with Crippen molar-refractivity contribution in [3.8, 4) is 0 Å². The van der Waals surface area contributed by atoms with Crippen LogP contribution in [0.1, 0.15) is 37.3 Å². The molecule has 1 fully saturated rings. The number of anilines is 1. The highest BCUT2D eigenvalue weighted by Crippen LogP contribution is 2.31. The van der Waals surface area contributed by atoms with Gasteiger partial charge in [-0.05, 0) is 43.9 Å². The smallest absolute Gasteiger partial charge is 0.193 e. The van der Waals surface area contributed by atoms with E-state index in [0.717, 1.165) is 51.5 Å². The van der Waals surface area contributed by atoms with Gasteiger partial charge >= 0.3 is 0 Å². The number of benzene rings is 1. The molecule has 1 saturated heterocycles. The fraction of sp³-hybridized carbons (Fsp3) is 0.545. The Morgan fingerprint density at radius 2 is 2.14 bits per heavy atom. The molecule has 0 spiro atoms. The third-order valence-electron chi connectivity index (χ3n) is 5.97. The maximum atomic E-state index is 4.97. The van der Waals surface area contributed by atoms with E-state index in [2.05, 4.69) is 64.5 Å². The monoisotopic (exact) mass is 508 g/mol. The van der Waals surface area contributed by atoms with Crippen LogP contribution in [0.4, 0.5) is 5.69 Å². The summed E-state index contributed by atoms with van der Waals surface area (Å²) in [5, 5.41) is 7.83. The molecule has 0 bridgehead atoms. The SMILES string of the molecule is CCNC(=NCCN1c2ccccc2CC1C)N1CCC(c2cnn(C)c2)C1.I. The van der Waals surface area contributed by atoms with Gasteiger partial charge in [-0.3, -0.25) is 9.67 Å². The van der Waals surface area contributed by atoms with Crippen LogP contribution >= 0.6 is 24.0 Å². The van der Waals surface area contributed by atoms with E-state index in [-0.39, 0.29) is 24.0 Å². The van der Waals surface area contributed by atoms with E-state index in [0.29, 0.717) is 12.0 Å². The topological polar surface area (TPSA) is 48.7 Å². The number of nitrogens with zero attached hydrogens (tertiary/aromatic N) is 5. The van der Waals surface area contributed by atoms with Gasteiger partial charge in [0.1, 0.15) is 0 Å². The Kier molecular flexibility index (Phi) is 7.43. The molecule has 158 valence electrons. The van der Waals surface area contributed by atoms with E-state index in [9.17, 15) is 0 Å². The Bertz CT molecular complexity index is 832. The minimum atomic E-state index is 0. The molecular weight excluding hydrogens is 475 g/mol. The Balaban J connectivity index is 0.00000240. The van der Waals surface area contributed by atoms with E-state index in [1.54, 1.807) is 0 Å². The predicted molar refractivity (Wildman–Crippen MR) is 130 cm³/mol. The van der Waals surface area contributed by atoms with Crippen molar-refractivity contribution in [3.05, 3.63) is 47.8 Å². The number of aliphatic imine (C=N–C) groups is 1. The lowest BCUT2D eigenvalue weighted by molar-refractivity contribution is 0.486. The van der Waals surface area contributed by atoms with Gasteiger partial charge in [0.2, 0.25) is 0 Å². The van der Waals surface area contributed by atoms with Gasteiger partial charge in [-0.25, -0.2) is 0 Å². The normalized spacial score (nSPS) is 21.3. The average Bonchev–Trinajstić information content (AvgIpc) is 3.40. The second-order valence-corrected chi connectivity index (χ2v) is 7.99. The Morgan fingerprint density at radius 1 is 1.31 bits per heavy atom. The Hall–Kier alpha value is -1.77. The van der Waals surface area contributed by atoms with Crippen molar-refractivity contribution in [2.75, 3.05) is 37.6 Å². The summed E-state index contributed by atoms with van der Waals surface area (Å²) in [4.78, 5) is 9.88. The molecular formula is C22H33IN6. The molecule has 3 heterocycles. The minimum absolute atomic E-state index is 0. The van der Waals surface area contributed by atoms with Crippen molar-refractivity contribution < 1.29 is 0 Å². The number of rotatable bonds is 5. The molecule has 0 amide bonds. The molecule has 1 N–H and O–H groups in total. The van der Waals surface area contributed by atoms with Crippen molar-refractivity contribution in [1.29, 1.82) is 0 Å². The first-order valence-corrected chi connectivity index (χ1v) is 10.5. The van der Waals surface area contributed by atoms with E-state index in [4.69, 9.17) is 4.99 Å². The molecule has 0 saturated carbocycles. The number of aryl methyl sites for hydroxylation is 1. The summed E-state index contributed by atoms with van der Waals surface area (Å²) in [5.41, 5.74) is 4.18. The summed E-state index contributed by atoms with van der Waals surface area (Å²) < 4.78 is 1.90. The second-order valence-electron chi connectivity index (χ2n) is 7.99. The zero-order valence-electron chi connectivity index (χ0n) is 17.7. The van der Waals surface area contributed by atoms with E-state index < -0.39 is 0 Å². The lowest BCUT2D eigenvalue weighted by Gasteiger charge is -2.25. The zero-order valence-corrected chi connectivity index (χ0v) is 20.0. The predicted octanol–water partition coefficient (Wildman–Crippen LogP) is 3.24. The van der Waals surface area contributed by atoms with E-state index >= 15 is 0 Å². The maximum Gasteiger partial charge on any atom is 0.193 e. The Labute approximate surface area is 191 Å². The van der Waals surface area contributed by atoms with Crippen LogP contribution in [0.2, 0.25) is 0 Å². The van der Waals surface area contributed by atoms with Crippen molar-refractivity contribution in [3.63, 3.8) is 0 Å². The molecule has 2 atom stereocenters. The molecule has 2 aliphatic rings. The number of hydrogen-bond acceptors (Lipinski definition) is 3. The van der Waals surface area contributed by atoms with Crippen molar-refractivity contribution in [2.24, 2.45) is 12.0 Å². The molecule has 0 radical (unpaired) electrons. The van der Waals surface area contributed by atoms with E-state index in [1.165, 1.54) is 16.8 Å². The van der Waals surface area contributed by atoms with Crippen LogP contribution in [0, 0.1) is 0 Å². The van der Waals surface area contributed by atoms with Gasteiger partial charge in [0.25, 0.3) is 0 Å². The molecule has 29 heavy (non-hydrogen) atoms. The van der Waals surface area contributed by atoms with Gasteiger partial charge in [0.15, 0.2) is 5.96 Å². The highest BCUT2D eigenvalue weighted by molar-refractivity contribution is 14.0. The van der Waals surface area contributed by atoms with Gasteiger partial charge in [0, 0.05) is 57.1 Å². The molecule has 1 aromatic heterocycles. The molecule has 7 heteroatoms. The summed E-state index contributed by atoms with van der Waals surface area (Å²) in [6.07, 6.45) is 6.44. The van der Waals surface area contributed by atoms with Crippen LogP contribution in [-0.4, -0.2) is 59.4 Å². The number of hydrogen-bond donors (Lipinski definition) is 1. The molecule has 2 aliphatic heterocycles. The minimum Gasteiger partial charge on any atom is -0.366 e. The van der Waals surface area contributed by atoms with Crippen LogP contribution in [0.5, 0.6) is 0 Å². The summed E-state index contributed by atoms with van der Waals surface area (Å²) in [6.45, 7) is 9.20. The lowest BCUT2D eigenvalue weighted by Crippen LogP contribution is -2.40. The van der Waals surface area contributed by atoms with Crippen molar-refractivity contribution in [1.82, 2.24) is 20.0 Å². The molecule has 4 rings (SSSR count). The summed E-state index contributed by atoms with van der Waals surface area (Å²) in [5.74, 6) is 1.59. The van der Waals surface area contributed by atoms with Crippen LogP contribution in [0.25, 0.3) is 0 Å². The quantitative estimate of drug-likeness (QED) is 0.383. The first-order chi connectivity index (χ1) is 13.7. The third-order valence-corrected chi connectivity index (χ3v) is 5.97. The van der Waals surface area contributed by atoms with Crippen molar-refractivity contribution in [2.45, 2.75) is 38.6 Å². The number of guanidine groups is 1. The molecule has 2 aromatic rings. The average molecular weight is 508 g/mol. The second kappa shape index (κ2) is 9.82. The number of aromatic nitrogens is 2. The Morgan fingerprint density at radius 3 is 2.90 bits per heavy atom. The highest BCUT2D eigenvalue weighted by Gasteiger charge is 2.28. The maximum absolute atomic E-state index is 4.97. The lowest BCUT2D eigenvalue weighted by atomic mass is 10.0. The molecule has 2 unspecified atom stereocenters. The summed E-state index contributed by atoms with van der Waals surface area (Å²) in [6, 6.07) is 9.33. The zero-order chi connectivity index (χ0) is 19.5. The molecule has 1 aromatic carbocycles. The van der Waals surface area contributed by atoms with Gasteiger partial charge in [-0.15, -0.1) is 24.0 Å². The molecule has 0 aliphatic carbocycles. The van der Waals surface area contributed by atoms with Crippen LogP contribution in [-0.2, 0) is 13.5 Å². The van der Waals surface area contributed by atoms with Gasteiger partial charge in [-0.2, -0.15) is 5.10 Å². The van der Waals surface area contributed by atoms with Crippen molar-refractivity contribution >= 4 is 35.6 Å². The standard InChI is InChI=1S/C22H32N6.HI/c1-4-23-22(27-11-9-19(16-27)20-14-25-26(3)15-20)24-10-12-28-17(2)13-18-7-5-6-8-21(18)28;/h5-8,14-15,17,19H,4,9-13,16H2,1-3H3,(H,23,24);1H. The van der Waals surface area contributed by atoms with Gasteiger partial charge < -0.3 is 15.1 Å². The number of fused-ring (bicyclic) bond motifs is 1. The highest BCUT2D eigenvalue weighted by atomic mass is 127. The number of para-hydroxylation sites is 1. The molecule has 6 nitrogen and oxygen atoms in total. The first kappa shape index (κ1) is 21.9. The fourth-order valence-electron chi connectivity index (χ4n) is 4.54. The number of nitrogens with one attached hydrogen (secondary N) is 1. The van der Waals surface area contributed by atoms with Crippen LogP contribution < -0.4 is 10.2 Å². The summed E-state index contributed by atoms with van der Waals surface area (Å²) >= 11 is 0. The first-order valence-electron chi connectivity index (χ1n) is 10.5. The largest absolute Gasteiger partial charge is 0.366 e. The van der Waals surface area contributed by atoms with Crippen LogP contribution in [0.3, 0.4) is 0 Å². The third kappa shape index (κ3) is 4.87. The number of likely N-dealkylation sites (tertiary alicyclic amines) is 1. The van der Waals surface area contributed by atoms with Gasteiger partial charge in [-0.1, -0.05) is 18.2 Å². The number of halogens is 1. The fourth-order valence-corrected chi connectivity index (χ4v) is 4.54.